The van der Waals surface area contributed by atoms with Crippen molar-refractivity contribution < 1.29 is 0 Å². The first-order valence-electron chi connectivity index (χ1n) is 9.12. The van der Waals surface area contributed by atoms with Gasteiger partial charge < -0.3 is 4.90 Å². The van der Waals surface area contributed by atoms with Crippen molar-refractivity contribution >= 4 is 21.6 Å². The van der Waals surface area contributed by atoms with Crippen LogP contribution in [0, 0.1) is 6.92 Å². The maximum atomic E-state index is 12.1. The predicted octanol–water partition coefficient (Wildman–Crippen LogP) is 3.74. The molecule has 6 heteroatoms. The van der Waals surface area contributed by atoms with Crippen molar-refractivity contribution in [3.8, 4) is 5.69 Å². The minimum absolute atomic E-state index is 0.113. The number of aryl methyl sites for hydroxylation is 1. The highest BCUT2D eigenvalue weighted by molar-refractivity contribution is 7.18. The summed E-state index contributed by atoms with van der Waals surface area (Å²) in [5.41, 5.74) is 2.52. The molecular formula is C20H24N4OS. The van der Waals surface area contributed by atoms with E-state index in [2.05, 4.69) is 30.9 Å². The standard InChI is InChI=1S/C20H24N4OS/c1-12(2)23(4)16-9-14(10-16)20-21-17-7-6-15(11-18(17)26-20)24-19(25)8-5-13(3)22-24/h5-8,11-12,14,16H,9-10H2,1-4H3. The largest absolute Gasteiger partial charge is 0.301 e. The fourth-order valence-corrected chi connectivity index (χ4v) is 4.60. The summed E-state index contributed by atoms with van der Waals surface area (Å²) in [4.78, 5) is 19.4. The summed E-state index contributed by atoms with van der Waals surface area (Å²) in [6, 6.07) is 10.5. The highest BCUT2D eigenvalue weighted by atomic mass is 32.1. The van der Waals surface area contributed by atoms with Gasteiger partial charge in [-0.25, -0.2) is 4.98 Å². The van der Waals surface area contributed by atoms with Gasteiger partial charge in [-0.3, -0.25) is 4.79 Å². The minimum atomic E-state index is -0.113. The molecule has 0 unspecified atom stereocenters. The second-order valence-electron chi connectivity index (χ2n) is 7.51. The molecule has 26 heavy (non-hydrogen) atoms. The van der Waals surface area contributed by atoms with Gasteiger partial charge in [0.15, 0.2) is 0 Å². The van der Waals surface area contributed by atoms with Gasteiger partial charge in [0.25, 0.3) is 5.56 Å². The Morgan fingerprint density at radius 2 is 2.00 bits per heavy atom. The van der Waals surface area contributed by atoms with Crippen molar-refractivity contribution in [1.82, 2.24) is 19.7 Å². The second-order valence-corrected chi connectivity index (χ2v) is 8.57. The van der Waals surface area contributed by atoms with Crippen LogP contribution >= 0.6 is 11.3 Å². The van der Waals surface area contributed by atoms with Crippen LogP contribution in [0.2, 0.25) is 0 Å². The SMILES string of the molecule is Cc1ccc(=O)n(-c2ccc3nc(C4CC(N(C)C(C)C)C4)sc3c2)n1. The normalized spacial score (nSPS) is 20.1. The molecule has 0 aliphatic heterocycles. The maximum Gasteiger partial charge on any atom is 0.271 e. The van der Waals surface area contributed by atoms with Crippen LogP contribution in [-0.2, 0) is 0 Å². The van der Waals surface area contributed by atoms with Gasteiger partial charge in [0.1, 0.15) is 0 Å². The van der Waals surface area contributed by atoms with Crippen LogP contribution in [0.15, 0.2) is 35.1 Å². The first-order valence-corrected chi connectivity index (χ1v) is 9.94. The lowest BCUT2D eigenvalue weighted by Crippen LogP contribution is -2.44. The molecule has 1 aliphatic rings. The first kappa shape index (κ1) is 17.4. The summed E-state index contributed by atoms with van der Waals surface area (Å²) in [6.45, 7) is 6.38. The Morgan fingerprint density at radius 3 is 2.73 bits per heavy atom. The predicted molar refractivity (Wildman–Crippen MR) is 106 cm³/mol. The zero-order valence-electron chi connectivity index (χ0n) is 15.6. The number of rotatable bonds is 4. The molecule has 2 heterocycles. The van der Waals surface area contributed by atoms with Crippen LogP contribution in [0.1, 0.15) is 43.3 Å². The fraction of sp³-hybridized carbons (Fsp3) is 0.450. The number of hydrogen-bond donors (Lipinski definition) is 0. The van der Waals surface area contributed by atoms with Crippen LogP contribution in [0.5, 0.6) is 0 Å². The zero-order chi connectivity index (χ0) is 18.4. The van der Waals surface area contributed by atoms with E-state index < -0.39 is 0 Å². The molecule has 0 spiro atoms. The van der Waals surface area contributed by atoms with Gasteiger partial charge in [0.05, 0.1) is 26.6 Å². The summed E-state index contributed by atoms with van der Waals surface area (Å²) in [6.07, 6.45) is 2.36. The highest BCUT2D eigenvalue weighted by Crippen LogP contribution is 2.42. The van der Waals surface area contributed by atoms with Crippen LogP contribution < -0.4 is 5.56 Å². The van der Waals surface area contributed by atoms with E-state index >= 15 is 0 Å². The molecule has 4 rings (SSSR count). The topological polar surface area (TPSA) is 51.0 Å². The monoisotopic (exact) mass is 368 g/mol. The van der Waals surface area contributed by atoms with Crippen LogP contribution in [0.3, 0.4) is 0 Å². The Kier molecular flexibility index (Phi) is 4.40. The molecule has 0 atom stereocenters. The molecule has 2 aromatic heterocycles. The highest BCUT2D eigenvalue weighted by Gasteiger charge is 2.35. The summed E-state index contributed by atoms with van der Waals surface area (Å²) < 4.78 is 2.58. The quantitative estimate of drug-likeness (QED) is 0.704. The third kappa shape index (κ3) is 3.08. The average molecular weight is 369 g/mol. The molecule has 0 bridgehead atoms. The van der Waals surface area contributed by atoms with Gasteiger partial charge in [0.2, 0.25) is 0 Å². The van der Waals surface area contributed by atoms with Crippen molar-refractivity contribution in [2.75, 3.05) is 7.05 Å². The molecule has 5 nitrogen and oxygen atoms in total. The van der Waals surface area contributed by atoms with Crippen molar-refractivity contribution in [3.63, 3.8) is 0 Å². The van der Waals surface area contributed by atoms with E-state index in [0.29, 0.717) is 18.0 Å². The second kappa shape index (κ2) is 6.59. The van der Waals surface area contributed by atoms with Gasteiger partial charge in [-0.05, 0) is 64.9 Å². The summed E-state index contributed by atoms with van der Waals surface area (Å²) in [7, 11) is 2.21. The van der Waals surface area contributed by atoms with Crippen LogP contribution in [0.4, 0.5) is 0 Å². The van der Waals surface area contributed by atoms with E-state index in [1.807, 2.05) is 25.1 Å². The number of aromatic nitrogens is 3. The van der Waals surface area contributed by atoms with Crippen LogP contribution in [-0.4, -0.2) is 38.8 Å². The molecule has 1 aromatic carbocycles. The van der Waals surface area contributed by atoms with E-state index in [1.54, 1.807) is 23.5 Å². The van der Waals surface area contributed by atoms with E-state index in [9.17, 15) is 4.79 Å². The molecule has 136 valence electrons. The molecule has 0 radical (unpaired) electrons. The molecule has 1 aliphatic carbocycles. The molecule has 0 amide bonds. The fourth-order valence-electron chi connectivity index (χ4n) is 3.47. The molecule has 0 saturated heterocycles. The number of benzene rings is 1. The first-order chi connectivity index (χ1) is 12.4. The van der Waals surface area contributed by atoms with E-state index in [4.69, 9.17) is 4.98 Å². The Morgan fingerprint density at radius 1 is 1.23 bits per heavy atom. The third-order valence-electron chi connectivity index (χ3n) is 5.42. The number of nitrogens with zero attached hydrogens (tertiary/aromatic N) is 4. The van der Waals surface area contributed by atoms with Gasteiger partial charge >= 0.3 is 0 Å². The zero-order valence-corrected chi connectivity index (χ0v) is 16.5. The van der Waals surface area contributed by atoms with Crippen molar-refractivity contribution in [2.24, 2.45) is 0 Å². The Hall–Kier alpha value is -2.05. The Labute approximate surface area is 157 Å². The minimum Gasteiger partial charge on any atom is -0.301 e. The third-order valence-corrected chi connectivity index (χ3v) is 6.60. The van der Waals surface area contributed by atoms with Gasteiger partial charge in [-0.15, -0.1) is 11.3 Å². The van der Waals surface area contributed by atoms with E-state index in [0.717, 1.165) is 21.6 Å². The number of fused-ring (bicyclic) bond motifs is 1. The molecule has 3 aromatic rings. The van der Waals surface area contributed by atoms with Crippen molar-refractivity contribution in [1.29, 1.82) is 0 Å². The molecule has 0 N–H and O–H groups in total. The number of hydrogen-bond acceptors (Lipinski definition) is 5. The maximum absolute atomic E-state index is 12.1. The Bertz CT molecular complexity index is 1000. The van der Waals surface area contributed by atoms with Crippen molar-refractivity contribution in [3.05, 3.63) is 51.4 Å². The van der Waals surface area contributed by atoms with Gasteiger partial charge in [0, 0.05) is 24.1 Å². The van der Waals surface area contributed by atoms with Gasteiger partial charge in [-0.2, -0.15) is 9.78 Å². The lowest BCUT2D eigenvalue weighted by Gasteiger charge is -2.42. The Balaban J connectivity index is 1.59. The molecular weight excluding hydrogens is 344 g/mol. The van der Waals surface area contributed by atoms with E-state index in [1.165, 1.54) is 22.5 Å². The molecule has 1 saturated carbocycles. The summed E-state index contributed by atoms with van der Waals surface area (Å²) in [5, 5.41) is 5.57. The van der Waals surface area contributed by atoms with Gasteiger partial charge in [-0.1, -0.05) is 0 Å². The lowest BCUT2D eigenvalue weighted by molar-refractivity contribution is 0.108. The molecule has 1 fully saturated rings. The summed E-state index contributed by atoms with van der Waals surface area (Å²) in [5.74, 6) is 0.557. The van der Waals surface area contributed by atoms with Crippen LogP contribution in [0.25, 0.3) is 15.9 Å². The average Bonchev–Trinajstić information content (AvgIpc) is 2.97. The smallest absolute Gasteiger partial charge is 0.271 e. The number of thiazole rings is 1. The summed E-state index contributed by atoms with van der Waals surface area (Å²) >= 11 is 1.75. The van der Waals surface area contributed by atoms with Crippen molar-refractivity contribution in [2.45, 2.75) is 51.6 Å². The van der Waals surface area contributed by atoms with E-state index in [-0.39, 0.29) is 5.56 Å². The lowest BCUT2D eigenvalue weighted by atomic mass is 9.79.